The van der Waals surface area contributed by atoms with Crippen molar-refractivity contribution in [2.75, 3.05) is 43.1 Å². The fourth-order valence-electron chi connectivity index (χ4n) is 5.34. The van der Waals surface area contributed by atoms with Crippen molar-refractivity contribution in [3.05, 3.63) is 72.2 Å². The van der Waals surface area contributed by atoms with Crippen LogP contribution in [0.5, 0.6) is 0 Å². The van der Waals surface area contributed by atoms with E-state index in [4.69, 9.17) is 11.4 Å². The third-order valence-electron chi connectivity index (χ3n) is 7.50. The van der Waals surface area contributed by atoms with Gasteiger partial charge in [0.2, 0.25) is 0 Å². The monoisotopic (exact) mass is 547 g/mol. The summed E-state index contributed by atoms with van der Waals surface area (Å²) in [6, 6.07) is 8.75. The number of fused-ring (bicyclic) bond motifs is 1. The van der Waals surface area contributed by atoms with E-state index in [9.17, 15) is 13.0 Å². The second kappa shape index (κ2) is 9.70. The molecule has 0 bridgehead atoms. The van der Waals surface area contributed by atoms with Gasteiger partial charge in [0.1, 0.15) is 23.0 Å². The Morgan fingerprint density at radius 1 is 1.10 bits per heavy atom. The predicted molar refractivity (Wildman–Crippen MR) is 147 cm³/mol. The van der Waals surface area contributed by atoms with Gasteiger partial charge < -0.3 is 9.80 Å². The summed E-state index contributed by atoms with van der Waals surface area (Å²) in [7, 11) is -0.277. The zero-order valence-electron chi connectivity index (χ0n) is 21.4. The van der Waals surface area contributed by atoms with E-state index in [2.05, 4.69) is 25.3 Å². The minimum absolute atomic E-state index is 0.127. The number of aromatic nitrogens is 4. The molecule has 8 nitrogen and oxygen atoms in total. The van der Waals surface area contributed by atoms with E-state index in [0.717, 1.165) is 25.2 Å². The maximum absolute atomic E-state index is 14.9. The van der Waals surface area contributed by atoms with Crippen LogP contribution in [0, 0.1) is 24.0 Å². The van der Waals surface area contributed by atoms with Gasteiger partial charge in [-0.05, 0) is 56.3 Å². The smallest absolute Gasteiger partial charge is 0.166 e. The van der Waals surface area contributed by atoms with Crippen molar-refractivity contribution in [1.29, 1.82) is 0 Å². The van der Waals surface area contributed by atoms with Gasteiger partial charge >= 0.3 is 0 Å². The molecule has 3 aromatic heterocycles. The molecule has 4 aromatic rings. The van der Waals surface area contributed by atoms with Crippen molar-refractivity contribution in [1.82, 2.24) is 24.5 Å². The molecule has 0 amide bonds. The third-order valence-corrected chi connectivity index (χ3v) is 9.69. The molecule has 11 heteroatoms. The van der Waals surface area contributed by atoms with Crippen LogP contribution in [-0.4, -0.2) is 66.9 Å². The van der Waals surface area contributed by atoms with Crippen LogP contribution in [0.25, 0.3) is 16.9 Å². The predicted octanol–water partition coefficient (Wildman–Crippen LogP) is 4.24. The van der Waals surface area contributed by atoms with Gasteiger partial charge in [-0.25, -0.2) is 22.5 Å². The van der Waals surface area contributed by atoms with Gasteiger partial charge in [-0.1, -0.05) is 5.92 Å². The van der Waals surface area contributed by atoms with Crippen LogP contribution in [0.1, 0.15) is 18.4 Å². The second-order valence-electron chi connectivity index (χ2n) is 9.97. The number of halogens is 2. The molecular formula is C28H27F2N7OS. The first-order valence-electron chi connectivity index (χ1n) is 12.7. The summed E-state index contributed by atoms with van der Waals surface area (Å²) in [5.41, 5.74) is 1.41. The van der Waals surface area contributed by atoms with E-state index in [1.165, 1.54) is 6.07 Å². The molecule has 1 atom stereocenters. The standard InChI is InChI=1S/C28H27F2N7OS/c1-3-28(23-17-20(29)5-7-24(23)30)10-4-11-36(28)26-9-12-37-27(33-26)22(19-32-37)25-8-6-21(18-31-25)34-39(38)15-13-35(2)14-16-39/h1,5-9,12,17-19H,4,10-11,13-16H2,2H3/t28-/m1/s1. The lowest BCUT2D eigenvalue weighted by molar-refractivity contribution is 0.366. The average Bonchev–Trinajstić information content (AvgIpc) is 3.57. The molecule has 2 aliphatic heterocycles. The number of benzene rings is 1. The molecule has 5 heterocycles. The molecule has 2 fully saturated rings. The highest BCUT2D eigenvalue weighted by Gasteiger charge is 2.44. The Morgan fingerprint density at radius 3 is 2.67 bits per heavy atom. The largest absolute Gasteiger partial charge is 0.336 e. The number of terminal acetylenes is 1. The molecule has 6 rings (SSSR count). The van der Waals surface area contributed by atoms with Crippen LogP contribution >= 0.6 is 0 Å². The van der Waals surface area contributed by atoms with Gasteiger partial charge in [0.15, 0.2) is 5.65 Å². The topological polar surface area (TPSA) is 79.0 Å². The first kappa shape index (κ1) is 25.4. The van der Waals surface area contributed by atoms with E-state index in [1.54, 1.807) is 35.2 Å². The Morgan fingerprint density at radius 2 is 1.92 bits per heavy atom. The van der Waals surface area contributed by atoms with Crippen LogP contribution in [0.2, 0.25) is 0 Å². The zero-order chi connectivity index (χ0) is 27.2. The van der Waals surface area contributed by atoms with E-state index in [-0.39, 0.29) is 5.56 Å². The maximum Gasteiger partial charge on any atom is 0.166 e. The molecule has 2 aliphatic rings. The van der Waals surface area contributed by atoms with Crippen molar-refractivity contribution in [2.24, 2.45) is 4.36 Å². The lowest BCUT2D eigenvalue weighted by atomic mass is 9.87. The lowest BCUT2D eigenvalue weighted by Crippen LogP contribution is -2.41. The molecule has 0 radical (unpaired) electrons. The highest BCUT2D eigenvalue weighted by Crippen LogP contribution is 2.42. The van der Waals surface area contributed by atoms with Gasteiger partial charge in [0.05, 0.1) is 39.1 Å². The Hall–Kier alpha value is -3.88. The Balaban J connectivity index is 1.35. The van der Waals surface area contributed by atoms with Gasteiger partial charge in [-0.3, -0.25) is 4.98 Å². The Bertz CT molecular complexity index is 1710. The van der Waals surface area contributed by atoms with E-state index < -0.39 is 26.9 Å². The first-order chi connectivity index (χ1) is 18.8. The van der Waals surface area contributed by atoms with E-state index in [1.807, 2.05) is 18.0 Å². The number of nitrogens with zero attached hydrogens (tertiary/aromatic N) is 7. The van der Waals surface area contributed by atoms with Gasteiger partial charge in [0, 0.05) is 42.9 Å². The quantitative estimate of drug-likeness (QED) is 0.356. The number of anilines is 1. The van der Waals surface area contributed by atoms with Crippen molar-refractivity contribution >= 4 is 26.9 Å². The SMILES string of the molecule is C#C[C@]1(c2cc(F)ccc2F)CCCN1c1ccn2ncc(-c3ccc(N=S4(=O)CCN(C)CC4)cn3)c2n1. The summed E-state index contributed by atoms with van der Waals surface area (Å²) < 4.78 is 48.3. The van der Waals surface area contributed by atoms with Crippen molar-refractivity contribution in [3.63, 3.8) is 0 Å². The molecule has 0 saturated carbocycles. The summed E-state index contributed by atoms with van der Waals surface area (Å²) in [6.45, 7) is 2.05. The Kier molecular flexibility index (Phi) is 6.32. The fraction of sp³-hybridized carbons (Fsp3) is 0.321. The molecule has 1 aromatic carbocycles. The normalized spacial score (nSPS) is 21.2. The molecule has 39 heavy (non-hydrogen) atoms. The van der Waals surface area contributed by atoms with Crippen LogP contribution < -0.4 is 4.90 Å². The van der Waals surface area contributed by atoms with E-state index in [0.29, 0.717) is 59.3 Å². The summed E-state index contributed by atoms with van der Waals surface area (Å²) >= 11 is 0. The first-order valence-corrected chi connectivity index (χ1v) is 14.6. The van der Waals surface area contributed by atoms with Crippen molar-refractivity contribution < 1.29 is 13.0 Å². The van der Waals surface area contributed by atoms with Crippen LogP contribution in [0.15, 0.2) is 59.4 Å². The summed E-state index contributed by atoms with van der Waals surface area (Å²) in [5, 5.41) is 4.41. The molecule has 0 spiro atoms. The van der Waals surface area contributed by atoms with Crippen molar-refractivity contribution in [2.45, 2.75) is 18.4 Å². The van der Waals surface area contributed by atoms with Crippen LogP contribution in [0.4, 0.5) is 20.3 Å². The second-order valence-corrected chi connectivity index (χ2v) is 12.5. The average molecular weight is 548 g/mol. The molecule has 0 unspecified atom stereocenters. The highest BCUT2D eigenvalue weighted by atomic mass is 32.2. The van der Waals surface area contributed by atoms with Gasteiger partial charge in [-0.2, -0.15) is 9.46 Å². The maximum atomic E-state index is 14.9. The van der Waals surface area contributed by atoms with E-state index >= 15 is 0 Å². The number of hydrogen-bond donors (Lipinski definition) is 0. The highest BCUT2D eigenvalue weighted by molar-refractivity contribution is 7.93. The minimum atomic E-state index is -2.29. The number of hydrogen-bond acceptors (Lipinski definition) is 7. The van der Waals surface area contributed by atoms with Crippen molar-refractivity contribution in [3.8, 4) is 23.6 Å². The molecule has 0 aliphatic carbocycles. The molecule has 0 N–H and O–H groups in total. The lowest BCUT2D eigenvalue weighted by Gasteiger charge is -2.35. The fourth-order valence-corrected chi connectivity index (χ4v) is 7.41. The van der Waals surface area contributed by atoms with Gasteiger partial charge in [0.25, 0.3) is 0 Å². The summed E-state index contributed by atoms with van der Waals surface area (Å²) in [6.07, 6.45) is 12.2. The molecule has 200 valence electrons. The minimum Gasteiger partial charge on any atom is -0.336 e. The third kappa shape index (κ3) is 4.53. The summed E-state index contributed by atoms with van der Waals surface area (Å²) in [5.74, 6) is 3.28. The molecular weight excluding hydrogens is 520 g/mol. The zero-order valence-corrected chi connectivity index (χ0v) is 22.2. The van der Waals surface area contributed by atoms with Crippen LogP contribution in [0.3, 0.4) is 0 Å². The molecule has 2 saturated heterocycles. The Labute approximate surface area is 225 Å². The van der Waals surface area contributed by atoms with Crippen LogP contribution in [-0.2, 0) is 15.3 Å². The summed E-state index contributed by atoms with van der Waals surface area (Å²) in [4.78, 5) is 13.4. The number of pyridine rings is 1. The van der Waals surface area contributed by atoms with Gasteiger partial charge in [-0.15, -0.1) is 6.42 Å². The number of rotatable bonds is 4.